The Morgan fingerprint density at radius 2 is 1.81 bits per heavy atom. The second-order valence-electron chi connectivity index (χ2n) is 8.86. The van der Waals surface area contributed by atoms with E-state index in [9.17, 15) is 9.90 Å². The van der Waals surface area contributed by atoms with Crippen molar-refractivity contribution in [3.05, 3.63) is 125 Å². The fourth-order valence-electron chi connectivity index (χ4n) is 4.49. The van der Waals surface area contributed by atoms with Crippen molar-refractivity contribution in [3.63, 3.8) is 0 Å². The number of aliphatic hydroxyl groups excluding tert-OH is 1. The Morgan fingerprint density at radius 1 is 0.919 bits per heavy atom. The van der Waals surface area contributed by atoms with Crippen LogP contribution >= 0.6 is 0 Å². The number of imidazole rings is 1. The van der Waals surface area contributed by atoms with E-state index in [1.165, 1.54) is 0 Å². The van der Waals surface area contributed by atoms with Gasteiger partial charge in [-0.1, -0.05) is 36.4 Å². The molecule has 5 heterocycles. The maximum absolute atomic E-state index is 13.3. The number of fused-ring (bicyclic) bond motifs is 2. The summed E-state index contributed by atoms with van der Waals surface area (Å²) in [5.41, 5.74) is 5.33. The van der Waals surface area contributed by atoms with E-state index in [1.54, 1.807) is 29.2 Å². The van der Waals surface area contributed by atoms with Gasteiger partial charge in [-0.05, 0) is 46.3 Å². The number of pyridine rings is 4. The minimum absolute atomic E-state index is 0.0219. The lowest BCUT2D eigenvalue weighted by molar-refractivity contribution is 0.282. The van der Waals surface area contributed by atoms with Crippen molar-refractivity contribution in [1.82, 2.24) is 23.9 Å². The lowest BCUT2D eigenvalue weighted by Gasteiger charge is -2.09. The van der Waals surface area contributed by atoms with E-state index in [2.05, 4.69) is 15.3 Å². The second kappa shape index (κ2) is 9.67. The zero-order chi connectivity index (χ0) is 25.2. The van der Waals surface area contributed by atoms with Crippen molar-refractivity contribution in [2.45, 2.75) is 19.7 Å². The summed E-state index contributed by atoms with van der Waals surface area (Å²) in [6.45, 7) is 0.912. The van der Waals surface area contributed by atoms with Crippen LogP contribution in [0.3, 0.4) is 0 Å². The summed E-state index contributed by atoms with van der Waals surface area (Å²) >= 11 is 0. The molecule has 0 bridgehead atoms. The smallest absolute Gasteiger partial charge is 0.260 e. The first-order valence-corrected chi connectivity index (χ1v) is 12.0. The van der Waals surface area contributed by atoms with Gasteiger partial charge in [0.1, 0.15) is 11.5 Å². The van der Waals surface area contributed by atoms with Crippen molar-refractivity contribution in [2.75, 3.05) is 5.32 Å². The molecular weight excluding hydrogens is 464 g/mol. The van der Waals surface area contributed by atoms with Crippen LogP contribution in [0, 0.1) is 0 Å². The van der Waals surface area contributed by atoms with Crippen LogP contribution in [0.2, 0.25) is 0 Å². The molecule has 0 amide bonds. The molecule has 6 aromatic rings. The van der Waals surface area contributed by atoms with Crippen molar-refractivity contribution >= 4 is 22.2 Å². The molecule has 0 aliphatic rings. The van der Waals surface area contributed by atoms with Gasteiger partial charge in [0.15, 0.2) is 0 Å². The Balaban J connectivity index is 1.24. The number of aliphatic hydroxyl groups is 1. The molecule has 0 spiro atoms. The van der Waals surface area contributed by atoms with Crippen LogP contribution in [-0.4, -0.2) is 29.0 Å². The average Bonchev–Trinajstić information content (AvgIpc) is 3.35. The molecule has 1 aromatic carbocycles. The predicted octanol–water partition coefficient (Wildman–Crippen LogP) is 4.26. The average molecular weight is 489 g/mol. The van der Waals surface area contributed by atoms with Crippen LogP contribution in [0.1, 0.15) is 16.8 Å². The largest absolute Gasteiger partial charge is 0.392 e. The lowest BCUT2D eigenvalue weighted by Crippen LogP contribution is -2.20. The van der Waals surface area contributed by atoms with Gasteiger partial charge in [0.05, 0.1) is 24.2 Å². The number of hydrogen-bond acceptors (Lipinski definition) is 6. The van der Waals surface area contributed by atoms with Gasteiger partial charge in [0, 0.05) is 49.3 Å². The number of hydrogen-bond donors (Lipinski definition) is 2. The maximum atomic E-state index is 13.3. The number of anilines is 1. The molecule has 0 saturated heterocycles. The van der Waals surface area contributed by atoms with Crippen LogP contribution in [0.4, 0.5) is 5.82 Å². The van der Waals surface area contributed by atoms with Crippen LogP contribution in [-0.2, 0) is 19.7 Å². The van der Waals surface area contributed by atoms with Gasteiger partial charge < -0.3 is 19.4 Å². The van der Waals surface area contributed by atoms with Crippen molar-refractivity contribution in [3.8, 4) is 11.1 Å². The first-order valence-electron chi connectivity index (χ1n) is 12.0. The van der Waals surface area contributed by atoms with Crippen LogP contribution in [0.15, 0.2) is 103 Å². The fraction of sp³-hybridized carbons (Fsp3) is 0.103. The molecular formula is C29H24N6O2. The molecule has 2 N–H and O–H groups in total. The normalized spacial score (nSPS) is 11.3. The van der Waals surface area contributed by atoms with E-state index in [0.29, 0.717) is 24.3 Å². The summed E-state index contributed by atoms with van der Waals surface area (Å²) in [5, 5.41) is 14.1. The molecule has 8 nitrogen and oxygen atoms in total. The quantitative estimate of drug-likeness (QED) is 0.349. The molecule has 0 aliphatic carbocycles. The van der Waals surface area contributed by atoms with Crippen molar-refractivity contribution in [1.29, 1.82) is 0 Å². The van der Waals surface area contributed by atoms with E-state index in [0.717, 1.165) is 39.0 Å². The molecule has 6 rings (SSSR count). The second-order valence-corrected chi connectivity index (χ2v) is 8.86. The van der Waals surface area contributed by atoms with E-state index >= 15 is 0 Å². The summed E-state index contributed by atoms with van der Waals surface area (Å²) in [6, 6.07) is 19.5. The standard InChI is InChI=1S/C29H24N6O2/c36-19-20-8-10-31-27(12-20)32-13-21-6-7-28-33-23(18-35(28)16-21)17-34-11-9-24-25(22-4-2-1-3-5-22)14-30-15-26(24)29(34)37/h1-12,14-16,18,36H,13,17,19H2,(H,31,32). The van der Waals surface area contributed by atoms with Crippen molar-refractivity contribution < 1.29 is 5.11 Å². The minimum atomic E-state index is -0.0951. The van der Waals surface area contributed by atoms with E-state index < -0.39 is 0 Å². The number of benzene rings is 1. The summed E-state index contributed by atoms with van der Waals surface area (Å²) < 4.78 is 3.63. The molecule has 0 fully saturated rings. The Morgan fingerprint density at radius 3 is 2.68 bits per heavy atom. The highest BCUT2D eigenvalue weighted by Gasteiger charge is 2.11. The van der Waals surface area contributed by atoms with E-state index in [-0.39, 0.29) is 12.2 Å². The molecule has 5 aromatic heterocycles. The van der Waals surface area contributed by atoms with Gasteiger partial charge in [-0.15, -0.1) is 0 Å². The molecule has 0 radical (unpaired) electrons. The Hall–Kier alpha value is -4.82. The highest BCUT2D eigenvalue weighted by atomic mass is 16.3. The third-order valence-corrected chi connectivity index (χ3v) is 6.36. The summed E-state index contributed by atoms with van der Waals surface area (Å²) in [6.07, 6.45) is 10.9. The summed E-state index contributed by atoms with van der Waals surface area (Å²) in [4.78, 5) is 26.6. The molecule has 0 atom stereocenters. The highest BCUT2D eigenvalue weighted by Crippen LogP contribution is 2.25. The molecule has 0 aliphatic heterocycles. The number of nitrogens with one attached hydrogen (secondary N) is 1. The molecule has 8 heteroatoms. The molecule has 0 unspecified atom stereocenters. The van der Waals surface area contributed by atoms with E-state index in [1.807, 2.05) is 77.6 Å². The van der Waals surface area contributed by atoms with Crippen LogP contribution in [0.5, 0.6) is 0 Å². The Bertz CT molecular complexity index is 1780. The third kappa shape index (κ3) is 4.57. The third-order valence-electron chi connectivity index (χ3n) is 6.36. The van der Waals surface area contributed by atoms with Crippen LogP contribution < -0.4 is 10.9 Å². The highest BCUT2D eigenvalue weighted by molar-refractivity contribution is 5.95. The first kappa shape index (κ1) is 22.6. The maximum Gasteiger partial charge on any atom is 0.260 e. The van der Waals surface area contributed by atoms with Crippen molar-refractivity contribution in [2.24, 2.45) is 0 Å². The fourth-order valence-corrected chi connectivity index (χ4v) is 4.49. The van der Waals surface area contributed by atoms with Gasteiger partial charge in [-0.25, -0.2) is 9.97 Å². The topological polar surface area (TPSA) is 97.3 Å². The minimum Gasteiger partial charge on any atom is -0.392 e. The molecule has 0 saturated carbocycles. The van der Waals surface area contributed by atoms with Crippen LogP contribution in [0.25, 0.3) is 27.5 Å². The number of rotatable bonds is 7. The molecule has 37 heavy (non-hydrogen) atoms. The van der Waals surface area contributed by atoms with E-state index in [4.69, 9.17) is 4.98 Å². The SMILES string of the molecule is O=c1c2cncc(-c3ccccc3)c2ccn1Cc1cn2cc(CNc3cc(CO)ccn3)ccc2n1. The monoisotopic (exact) mass is 488 g/mol. The van der Waals surface area contributed by atoms with Gasteiger partial charge in [0.25, 0.3) is 5.56 Å². The Kier molecular flexibility index (Phi) is 5.92. The zero-order valence-electron chi connectivity index (χ0n) is 20.0. The van der Waals surface area contributed by atoms with Gasteiger partial charge in [-0.3, -0.25) is 9.78 Å². The molecule has 182 valence electrons. The Labute approximate surface area is 212 Å². The predicted molar refractivity (Wildman–Crippen MR) is 143 cm³/mol. The zero-order valence-corrected chi connectivity index (χ0v) is 20.0. The summed E-state index contributed by atoms with van der Waals surface area (Å²) in [7, 11) is 0. The van der Waals surface area contributed by atoms with Gasteiger partial charge >= 0.3 is 0 Å². The van der Waals surface area contributed by atoms with Gasteiger partial charge in [0.2, 0.25) is 0 Å². The van der Waals surface area contributed by atoms with Gasteiger partial charge in [-0.2, -0.15) is 0 Å². The summed E-state index contributed by atoms with van der Waals surface area (Å²) in [5.74, 6) is 0.707. The number of aromatic nitrogens is 5. The lowest BCUT2D eigenvalue weighted by atomic mass is 10.0. The first-order chi connectivity index (χ1) is 18.2. The number of nitrogens with zero attached hydrogens (tertiary/aromatic N) is 5.